The molecule has 6 nitrogen and oxygen atoms in total. The van der Waals surface area contributed by atoms with E-state index in [1.54, 1.807) is 4.90 Å². The molecule has 1 amide bonds. The zero-order chi connectivity index (χ0) is 17.3. The molecule has 2 fully saturated rings. The van der Waals surface area contributed by atoms with Gasteiger partial charge in [0.2, 0.25) is 15.9 Å². The largest absolute Gasteiger partial charge is 0.336 e. The van der Waals surface area contributed by atoms with Crippen LogP contribution in [0.5, 0.6) is 0 Å². The predicted molar refractivity (Wildman–Crippen MR) is 100 cm³/mol. The Kier molecular flexibility index (Phi) is 6.98. The lowest BCUT2D eigenvalue weighted by Crippen LogP contribution is -2.57. The Morgan fingerprint density at radius 1 is 1.16 bits per heavy atom. The molecule has 2 aliphatic rings. The van der Waals surface area contributed by atoms with E-state index in [4.69, 9.17) is 23.2 Å². The second kappa shape index (κ2) is 8.41. The van der Waals surface area contributed by atoms with Gasteiger partial charge < -0.3 is 10.2 Å². The van der Waals surface area contributed by atoms with E-state index in [2.05, 4.69) is 5.32 Å². The maximum Gasteiger partial charge on any atom is 0.243 e. The third-order valence-electron chi connectivity index (χ3n) is 4.45. The van der Waals surface area contributed by atoms with E-state index in [1.807, 2.05) is 0 Å². The molecule has 0 bridgehead atoms. The van der Waals surface area contributed by atoms with Crippen molar-refractivity contribution in [3.63, 3.8) is 0 Å². The number of piperazine rings is 1. The lowest BCUT2D eigenvalue weighted by atomic mass is 10.1. The molecule has 1 atom stereocenters. The van der Waals surface area contributed by atoms with Crippen molar-refractivity contribution in [2.75, 3.05) is 32.7 Å². The topological polar surface area (TPSA) is 69.7 Å². The lowest BCUT2D eigenvalue weighted by molar-refractivity contribution is -0.135. The van der Waals surface area contributed by atoms with Crippen molar-refractivity contribution < 1.29 is 13.2 Å². The molecule has 0 aromatic heterocycles. The molecular formula is C15H20Cl3N3O3S. The first-order valence-corrected chi connectivity index (χ1v) is 10.0. The minimum Gasteiger partial charge on any atom is -0.336 e. The average Bonchev–Trinajstić information content (AvgIpc) is 2.58. The molecule has 1 aromatic carbocycles. The van der Waals surface area contributed by atoms with Crippen molar-refractivity contribution in [3.05, 3.63) is 28.2 Å². The Morgan fingerprint density at radius 2 is 1.92 bits per heavy atom. The van der Waals surface area contributed by atoms with Crippen molar-refractivity contribution in [2.24, 2.45) is 0 Å². The summed E-state index contributed by atoms with van der Waals surface area (Å²) in [6.07, 6.45) is 1.54. The van der Waals surface area contributed by atoms with E-state index in [-0.39, 0.29) is 34.3 Å². The molecule has 0 saturated carbocycles. The highest BCUT2D eigenvalue weighted by Gasteiger charge is 2.35. The Morgan fingerprint density at radius 3 is 2.60 bits per heavy atom. The molecule has 25 heavy (non-hydrogen) atoms. The normalized spacial score (nSPS) is 22.6. The van der Waals surface area contributed by atoms with Crippen LogP contribution in [-0.2, 0) is 14.8 Å². The van der Waals surface area contributed by atoms with Gasteiger partial charge in [-0.05, 0) is 31.0 Å². The number of benzene rings is 1. The Labute approximate surface area is 163 Å². The molecule has 140 valence electrons. The molecule has 2 aliphatic heterocycles. The number of hydrogen-bond acceptors (Lipinski definition) is 4. The molecule has 3 rings (SSSR count). The fourth-order valence-corrected chi connectivity index (χ4v) is 5.09. The fourth-order valence-electron chi connectivity index (χ4n) is 3.19. The van der Waals surface area contributed by atoms with Gasteiger partial charge in [0.05, 0.1) is 21.5 Å². The highest BCUT2D eigenvalue weighted by molar-refractivity contribution is 7.89. The van der Waals surface area contributed by atoms with Gasteiger partial charge in [0.25, 0.3) is 0 Å². The molecule has 1 aromatic rings. The standard InChI is InChI=1S/C15H19Cl2N3O3S.ClH/c16-13-4-3-12(8-14(13)17)24(22,23)19-6-1-2-11(10-19)20-7-5-18-9-15(20)21;/h3-4,8,11,18H,1-2,5-7,9-10H2;1H. The van der Waals surface area contributed by atoms with Gasteiger partial charge in [0.1, 0.15) is 0 Å². The molecule has 1 unspecified atom stereocenters. The van der Waals surface area contributed by atoms with Crippen molar-refractivity contribution in [3.8, 4) is 0 Å². The van der Waals surface area contributed by atoms with Gasteiger partial charge in [0, 0.05) is 32.2 Å². The first-order chi connectivity index (χ1) is 11.4. The van der Waals surface area contributed by atoms with Crippen LogP contribution in [-0.4, -0.2) is 62.3 Å². The van der Waals surface area contributed by atoms with E-state index >= 15 is 0 Å². The van der Waals surface area contributed by atoms with Gasteiger partial charge in [-0.15, -0.1) is 12.4 Å². The number of nitrogens with zero attached hydrogens (tertiary/aromatic N) is 2. The molecule has 2 saturated heterocycles. The molecule has 0 spiro atoms. The van der Waals surface area contributed by atoms with Gasteiger partial charge in [-0.2, -0.15) is 4.31 Å². The molecular weight excluding hydrogens is 409 g/mol. The van der Waals surface area contributed by atoms with Gasteiger partial charge in [0.15, 0.2) is 0 Å². The number of carbonyl (C=O) groups excluding carboxylic acids is 1. The fraction of sp³-hybridized carbons (Fsp3) is 0.533. The SMILES string of the molecule is Cl.O=C1CNCCN1C1CCCN(S(=O)(=O)c2ccc(Cl)c(Cl)c2)C1. The van der Waals surface area contributed by atoms with E-state index in [0.717, 1.165) is 19.4 Å². The van der Waals surface area contributed by atoms with E-state index < -0.39 is 10.0 Å². The highest BCUT2D eigenvalue weighted by atomic mass is 35.5. The third-order valence-corrected chi connectivity index (χ3v) is 7.06. The van der Waals surface area contributed by atoms with Crippen LogP contribution in [0.4, 0.5) is 0 Å². The number of hydrogen-bond donors (Lipinski definition) is 1. The number of sulfonamides is 1. The van der Waals surface area contributed by atoms with Crippen molar-refractivity contribution in [2.45, 2.75) is 23.8 Å². The van der Waals surface area contributed by atoms with Crippen molar-refractivity contribution >= 4 is 51.5 Å². The number of amides is 1. The molecule has 10 heteroatoms. The van der Waals surface area contributed by atoms with Gasteiger partial charge >= 0.3 is 0 Å². The van der Waals surface area contributed by atoms with Crippen LogP contribution in [0.15, 0.2) is 23.1 Å². The minimum absolute atomic E-state index is 0. The number of piperidine rings is 1. The predicted octanol–water partition coefficient (Wildman–Crippen LogP) is 2.00. The van der Waals surface area contributed by atoms with Crippen LogP contribution in [0.3, 0.4) is 0 Å². The highest BCUT2D eigenvalue weighted by Crippen LogP contribution is 2.28. The monoisotopic (exact) mass is 427 g/mol. The Hall–Kier alpha value is -0.570. The lowest BCUT2D eigenvalue weighted by Gasteiger charge is -2.40. The summed E-state index contributed by atoms with van der Waals surface area (Å²) in [5, 5.41) is 3.56. The van der Waals surface area contributed by atoms with Gasteiger partial charge in [-0.3, -0.25) is 4.79 Å². The van der Waals surface area contributed by atoms with Crippen LogP contribution in [0.25, 0.3) is 0 Å². The molecule has 0 radical (unpaired) electrons. The number of carbonyl (C=O) groups is 1. The van der Waals surface area contributed by atoms with E-state index in [1.165, 1.54) is 22.5 Å². The molecule has 2 heterocycles. The average molecular weight is 429 g/mol. The van der Waals surface area contributed by atoms with E-state index in [0.29, 0.717) is 31.2 Å². The first kappa shape index (κ1) is 20.7. The quantitative estimate of drug-likeness (QED) is 0.799. The zero-order valence-electron chi connectivity index (χ0n) is 13.5. The van der Waals surface area contributed by atoms with Crippen LogP contribution in [0.1, 0.15) is 12.8 Å². The number of halogens is 3. The molecule has 1 N–H and O–H groups in total. The second-order valence-electron chi connectivity index (χ2n) is 6.00. The summed E-state index contributed by atoms with van der Waals surface area (Å²) < 4.78 is 27.2. The summed E-state index contributed by atoms with van der Waals surface area (Å²) >= 11 is 11.8. The maximum atomic E-state index is 12.9. The Bertz CT molecular complexity index is 745. The summed E-state index contributed by atoms with van der Waals surface area (Å²) in [7, 11) is -3.65. The smallest absolute Gasteiger partial charge is 0.243 e. The van der Waals surface area contributed by atoms with E-state index in [9.17, 15) is 13.2 Å². The number of rotatable bonds is 3. The maximum absolute atomic E-state index is 12.9. The van der Waals surface area contributed by atoms with Gasteiger partial charge in [-0.25, -0.2) is 8.42 Å². The molecule has 0 aliphatic carbocycles. The van der Waals surface area contributed by atoms with Gasteiger partial charge in [-0.1, -0.05) is 23.2 Å². The minimum atomic E-state index is -3.65. The van der Waals surface area contributed by atoms with Crippen molar-refractivity contribution in [1.82, 2.24) is 14.5 Å². The summed E-state index contributed by atoms with van der Waals surface area (Å²) in [5.74, 6) is 0.0278. The van der Waals surface area contributed by atoms with Crippen molar-refractivity contribution in [1.29, 1.82) is 0 Å². The Balaban J connectivity index is 0.00000225. The first-order valence-electron chi connectivity index (χ1n) is 7.85. The van der Waals surface area contributed by atoms with Crippen LogP contribution >= 0.6 is 35.6 Å². The summed E-state index contributed by atoms with van der Waals surface area (Å²) in [5.41, 5.74) is 0. The summed E-state index contributed by atoms with van der Waals surface area (Å²) in [6.45, 7) is 2.43. The van der Waals surface area contributed by atoms with Crippen LogP contribution in [0.2, 0.25) is 10.0 Å². The summed E-state index contributed by atoms with van der Waals surface area (Å²) in [4.78, 5) is 14.0. The summed E-state index contributed by atoms with van der Waals surface area (Å²) in [6, 6.07) is 4.24. The van der Waals surface area contributed by atoms with Crippen LogP contribution < -0.4 is 5.32 Å². The van der Waals surface area contributed by atoms with Crippen LogP contribution in [0, 0.1) is 0 Å². The third kappa shape index (κ3) is 4.40. The zero-order valence-corrected chi connectivity index (χ0v) is 16.6. The number of nitrogens with one attached hydrogen (secondary N) is 1. The second-order valence-corrected chi connectivity index (χ2v) is 8.75.